The van der Waals surface area contributed by atoms with Crippen molar-refractivity contribution in [3.63, 3.8) is 0 Å². The molecule has 12 aromatic rings. The highest BCUT2D eigenvalue weighted by Crippen LogP contribution is 2.53. The number of hydrogen-bond donors (Lipinski definition) is 6. The van der Waals surface area contributed by atoms with Crippen LogP contribution in [-0.4, -0.2) is 209 Å². The Kier molecular flexibility index (Phi) is 27.0. The van der Waals surface area contributed by atoms with Gasteiger partial charge in [0.25, 0.3) is 0 Å². The minimum Gasteiger partial charge on any atom is -0.361 e. The predicted molar refractivity (Wildman–Crippen MR) is 535 cm³/mol. The first-order valence-electron chi connectivity index (χ1n) is 51.1. The number of nitrogens with one attached hydrogen (secondary N) is 6. The van der Waals surface area contributed by atoms with Crippen molar-refractivity contribution >= 4 is 100 Å². The van der Waals surface area contributed by atoms with Crippen molar-refractivity contribution in [2.45, 2.75) is 270 Å². The molecule has 6 N–H and O–H groups in total. The summed E-state index contributed by atoms with van der Waals surface area (Å²) < 4.78 is 0. The number of nitrogens with zero attached hydrogens (tertiary/aromatic N) is 6. The number of carbonyl (C=O) groups is 6. The Morgan fingerprint density at radius 2 is 0.379 bits per heavy atom. The fraction of sp³-hybridized carbons (Fsp3) is 0.526. The van der Waals surface area contributed by atoms with Gasteiger partial charge in [-0.3, -0.25) is 58.2 Å². The average Bonchev–Trinajstić information content (AvgIpc) is 1.59. The van der Waals surface area contributed by atoms with Crippen LogP contribution in [0.5, 0.6) is 0 Å². The lowest BCUT2D eigenvalue weighted by atomic mass is 9.71. The van der Waals surface area contributed by atoms with Crippen molar-refractivity contribution in [3.8, 4) is 0 Å². The number of rotatable bonds is 18. The first-order chi connectivity index (χ1) is 64.1. The third-order valence-electron chi connectivity index (χ3n) is 34.0. The van der Waals surface area contributed by atoms with Gasteiger partial charge in [-0.1, -0.05) is 114 Å². The number of piperidine rings is 6. The number of Topliss-reactive ketones (excluding diaryl/α,β-unsaturated/α-hetero) is 6. The van der Waals surface area contributed by atoms with Crippen LogP contribution in [-0.2, 0) is 67.3 Å². The monoisotopic (exact) mass is 1780 g/mol. The highest BCUT2D eigenvalue weighted by Gasteiger charge is 2.49. The van der Waals surface area contributed by atoms with E-state index in [1.54, 1.807) is 41.5 Å². The van der Waals surface area contributed by atoms with Gasteiger partial charge in [0.2, 0.25) is 0 Å². The first kappa shape index (κ1) is 91.5. The summed E-state index contributed by atoms with van der Waals surface area (Å²) in [6.07, 6.45) is 32.8. The Balaban J connectivity index is 0.000000102. The highest BCUT2D eigenvalue weighted by molar-refractivity contribution is 5.94. The van der Waals surface area contributed by atoms with Gasteiger partial charge in [-0.25, -0.2) is 0 Å². The summed E-state index contributed by atoms with van der Waals surface area (Å²) in [7, 11) is 0. The van der Waals surface area contributed by atoms with Crippen molar-refractivity contribution in [3.05, 3.63) is 213 Å². The summed E-state index contributed by atoms with van der Waals surface area (Å²) in [5.74, 6) is 6.31. The molecule has 696 valence electrons. The van der Waals surface area contributed by atoms with E-state index in [0.29, 0.717) is 106 Å². The third-order valence-corrected chi connectivity index (χ3v) is 34.0. The lowest BCUT2D eigenvalue weighted by Gasteiger charge is -2.46. The highest BCUT2D eigenvalue weighted by atomic mass is 16.1. The molecular formula is C114H144N12O6. The molecule has 12 heterocycles. The van der Waals surface area contributed by atoms with Crippen LogP contribution < -0.4 is 0 Å². The van der Waals surface area contributed by atoms with Gasteiger partial charge in [0.15, 0.2) is 0 Å². The maximum absolute atomic E-state index is 12.0. The summed E-state index contributed by atoms with van der Waals surface area (Å²) in [6.45, 7) is 36.2. The Hall–Kier alpha value is -9.66. The molecule has 18 heteroatoms. The third kappa shape index (κ3) is 17.3. The lowest BCUT2D eigenvalue weighted by Crippen LogP contribution is -2.51. The molecule has 12 aliphatic rings. The SMILES string of the molecule is CCCN1C[C@H](C(C)=O)C[C@@H]2c3cccc4[nH]cc(c34)C[C@H]21.CCCN1C[C@H](C(C)=O)C[C@@H]2c3cccc4[nH]cc(c34)C[C@H]21.CCCN1C[C@H](C(C)=O)C[C@@H]2c3cccc4[nH]cc(c34)C[C@H]21.CCCN1C[C@H](C(C)=O)C[C@@H]2c3cccc4[nH]cc(c34)C[C@H]21.CCCN1C[C@H](C(C)=O)C[C@@H]2c3cccc4[nH]cc(c34)C[C@H]21.CCCN1C[C@H](C(C)=O)C[C@@H]2c3cccc4[nH]cc(c34)C[C@H]21. The van der Waals surface area contributed by atoms with E-state index in [1.807, 2.05) is 0 Å². The van der Waals surface area contributed by atoms with E-state index < -0.39 is 0 Å². The molecular weight excluding hydrogens is 1630 g/mol. The van der Waals surface area contributed by atoms with Crippen molar-refractivity contribution in [2.24, 2.45) is 35.5 Å². The fourth-order valence-corrected chi connectivity index (χ4v) is 27.8. The van der Waals surface area contributed by atoms with Crippen LogP contribution in [0.1, 0.15) is 262 Å². The van der Waals surface area contributed by atoms with Crippen LogP contribution in [0.15, 0.2) is 146 Å². The standard InChI is InChI=1S/6C19H24N2O/c6*1-3-7-21-11-14(12(2)22)8-16-15-5-4-6-17-19(15)13(10-20-17)9-18(16)21/h6*4-6,10,14,16,18,20H,3,7-9,11H2,1-2H3/t6*14-,16-,18-/m111111/s1. The molecule has 0 spiro atoms. The van der Waals surface area contributed by atoms with Gasteiger partial charge < -0.3 is 29.9 Å². The number of ketones is 6. The molecule has 6 aliphatic carbocycles. The molecule has 6 saturated heterocycles. The molecule has 0 amide bonds. The van der Waals surface area contributed by atoms with Crippen LogP contribution in [0, 0.1) is 35.5 Å². The normalized spacial score (nSPS) is 27.8. The molecule has 132 heavy (non-hydrogen) atoms. The maximum Gasteiger partial charge on any atom is 0.134 e. The molecule has 24 rings (SSSR count). The average molecular weight is 1780 g/mol. The van der Waals surface area contributed by atoms with Gasteiger partial charge in [0.05, 0.1) is 0 Å². The van der Waals surface area contributed by atoms with E-state index in [-0.39, 0.29) is 35.5 Å². The number of H-pyrrole nitrogens is 6. The maximum atomic E-state index is 12.0. The summed E-state index contributed by atoms with van der Waals surface area (Å²) in [6, 6.07) is 43.0. The molecule has 18 atom stereocenters. The molecule has 0 bridgehead atoms. The van der Waals surface area contributed by atoms with Crippen molar-refractivity contribution < 1.29 is 28.8 Å². The zero-order chi connectivity index (χ0) is 91.6. The second kappa shape index (κ2) is 39.0. The number of hydrogen-bond acceptors (Lipinski definition) is 12. The first-order valence-corrected chi connectivity index (χ1v) is 51.1. The molecule has 0 radical (unpaired) electrons. The minimum atomic E-state index is 0.198. The quantitative estimate of drug-likeness (QED) is 0.0473. The van der Waals surface area contributed by atoms with E-state index in [9.17, 15) is 28.8 Å². The van der Waals surface area contributed by atoms with Gasteiger partial charge in [-0.2, -0.15) is 0 Å². The summed E-state index contributed by atoms with van der Waals surface area (Å²) in [5.41, 5.74) is 24.9. The van der Waals surface area contributed by atoms with E-state index in [1.165, 1.54) is 132 Å². The molecule has 18 nitrogen and oxygen atoms in total. The van der Waals surface area contributed by atoms with Crippen molar-refractivity contribution in [1.82, 2.24) is 59.3 Å². The Bertz CT molecular complexity index is 5270. The van der Waals surface area contributed by atoms with Crippen molar-refractivity contribution in [1.29, 1.82) is 0 Å². The Morgan fingerprint density at radius 1 is 0.235 bits per heavy atom. The second-order valence-electron chi connectivity index (χ2n) is 42.0. The summed E-state index contributed by atoms with van der Waals surface area (Å²) in [4.78, 5) is 108. The van der Waals surface area contributed by atoms with E-state index >= 15 is 0 Å². The fourth-order valence-electron chi connectivity index (χ4n) is 27.8. The smallest absolute Gasteiger partial charge is 0.134 e. The number of benzene rings is 6. The Morgan fingerprint density at radius 3 is 0.508 bits per heavy atom. The number of aromatic amines is 6. The van der Waals surface area contributed by atoms with Crippen LogP contribution in [0.3, 0.4) is 0 Å². The van der Waals surface area contributed by atoms with Gasteiger partial charge in [-0.15, -0.1) is 0 Å². The molecule has 0 unspecified atom stereocenters. The number of carbonyl (C=O) groups excluding carboxylic acids is 6. The van der Waals surface area contributed by atoms with Crippen molar-refractivity contribution in [2.75, 3.05) is 78.5 Å². The zero-order valence-corrected chi connectivity index (χ0v) is 80.6. The number of aromatic nitrogens is 6. The van der Waals surface area contributed by atoms with E-state index in [2.05, 4.69) is 247 Å². The molecule has 6 aliphatic heterocycles. The summed E-state index contributed by atoms with van der Waals surface area (Å²) in [5, 5.41) is 8.52. The molecule has 6 aromatic heterocycles. The number of likely N-dealkylation sites (tertiary alicyclic amines) is 6. The van der Waals surface area contributed by atoms with E-state index in [4.69, 9.17) is 0 Å². The number of fused-ring (bicyclic) bond motifs is 12. The van der Waals surface area contributed by atoms with Gasteiger partial charge >= 0.3 is 0 Å². The van der Waals surface area contributed by atoms with Gasteiger partial charge in [0.1, 0.15) is 34.7 Å². The zero-order valence-electron chi connectivity index (χ0n) is 80.6. The largest absolute Gasteiger partial charge is 0.361 e. The predicted octanol–water partition coefficient (Wildman–Crippen LogP) is 21.0. The minimum absolute atomic E-state index is 0.198. The second-order valence-corrected chi connectivity index (χ2v) is 42.0. The van der Waals surface area contributed by atoms with Crippen LogP contribution in [0.2, 0.25) is 0 Å². The molecule has 6 fully saturated rings. The summed E-state index contributed by atoms with van der Waals surface area (Å²) >= 11 is 0. The van der Waals surface area contributed by atoms with Crippen LogP contribution in [0.4, 0.5) is 0 Å². The van der Waals surface area contributed by atoms with E-state index in [0.717, 1.165) is 194 Å². The Labute approximate surface area is 781 Å². The topological polar surface area (TPSA) is 217 Å². The van der Waals surface area contributed by atoms with Crippen LogP contribution >= 0.6 is 0 Å². The van der Waals surface area contributed by atoms with Gasteiger partial charge in [-0.05, 0) is 300 Å². The molecule has 0 saturated carbocycles. The van der Waals surface area contributed by atoms with Gasteiger partial charge in [0, 0.05) is 249 Å². The van der Waals surface area contributed by atoms with Crippen LogP contribution in [0.25, 0.3) is 65.4 Å². The lowest BCUT2D eigenvalue weighted by molar-refractivity contribution is -0.124. The molecule has 6 aromatic carbocycles.